The first-order valence-electron chi connectivity index (χ1n) is 7.61. The van der Waals surface area contributed by atoms with E-state index in [1.54, 1.807) is 0 Å². The third kappa shape index (κ3) is 2.46. The van der Waals surface area contributed by atoms with E-state index in [1.807, 2.05) is 24.3 Å². The van der Waals surface area contributed by atoms with Crippen LogP contribution < -0.4 is 9.47 Å². The summed E-state index contributed by atoms with van der Waals surface area (Å²) in [5.41, 5.74) is 0. The van der Waals surface area contributed by atoms with Gasteiger partial charge in [-0.25, -0.2) is 4.79 Å². The number of esters is 1. The van der Waals surface area contributed by atoms with Gasteiger partial charge in [0.2, 0.25) is 6.10 Å². The van der Waals surface area contributed by atoms with Gasteiger partial charge in [0.15, 0.2) is 11.5 Å². The summed E-state index contributed by atoms with van der Waals surface area (Å²) in [5, 5.41) is 0. The van der Waals surface area contributed by atoms with Crippen LogP contribution in [0.3, 0.4) is 0 Å². The van der Waals surface area contributed by atoms with Gasteiger partial charge in [-0.05, 0) is 44.0 Å². The molecule has 2 atom stereocenters. The summed E-state index contributed by atoms with van der Waals surface area (Å²) in [6, 6.07) is 7.39. The molecule has 5 nitrogen and oxygen atoms in total. The van der Waals surface area contributed by atoms with E-state index in [-0.39, 0.29) is 18.7 Å². The van der Waals surface area contributed by atoms with E-state index in [2.05, 4.69) is 4.90 Å². The Morgan fingerprint density at radius 2 is 1.95 bits per heavy atom. The van der Waals surface area contributed by atoms with Gasteiger partial charge in [-0.3, -0.25) is 4.90 Å². The molecule has 4 aliphatic heterocycles. The van der Waals surface area contributed by atoms with E-state index in [9.17, 15) is 4.79 Å². The van der Waals surface area contributed by atoms with Gasteiger partial charge in [0.05, 0.1) is 0 Å². The number of para-hydroxylation sites is 2. The minimum atomic E-state index is -0.657. The summed E-state index contributed by atoms with van der Waals surface area (Å²) in [4.78, 5) is 14.7. The summed E-state index contributed by atoms with van der Waals surface area (Å²) in [6.07, 6.45) is 1.61. The maximum Gasteiger partial charge on any atom is 0.351 e. The molecule has 21 heavy (non-hydrogen) atoms. The molecule has 0 radical (unpaired) electrons. The van der Waals surface area contributed by atoms with Crippen LogP contribution in [0.4, 0.5) is 0 Å². The van der Waals surface area contributed by atoms with Crippen LogP contribution in [0, 0.1) is 5.92 Å². The standard InChI is InChI=1S/C16H19NO4/c18-16(21-14-9-17-7-5-11(14)6-8-17)15-10-19-12-3-1-2-4-13(12)20-15/h1-4,11,14-15H,5-10H2. The highest BCUT2D eigenvalue weighted by Gasteiger charge is 2.38. The van der Waals surface area contributed by atoms with Crippen molar-refractivity contribution in [1.82, 2.24) is 4.90 Å². The normalized spacial score (nSPS) is 33.5. The molecule has 2 unspecified atom stereocenters. The lowest BCUT2D eigenvalue weighted by molar-refractivity contribution is -0.169. The van der Waals surface area contributed by atoms with Crippen LogP contribution >= 0.6 is 0 Å². The Labute approximate surface area is 123 Å². The van der Waals surface area contributed by atoms with Gasteiger partial charge in [-0.15, -0.1) is 0 Å². The van der Waals surface area contributed by atoms with Gasteiger partial charge in [-0.1, -0.05) is 12.1 Å². The number of ether oxygens (including phenoxy) is 3. The van der Waals surface area contributed by atoms with Crippen molar-refractivity contribution in [2.75, 3.05) is 26.2 Å². The molecule has 0 spiro atoms. The highest BCUT2D eigenvalue weighted by molar-refractivity contribution is 5.76. The Bertz CT molecular complexity index is 539. The first-order valence-corrected chi connectivity index (χ1v) is 7.61. The van der Waals surface area contributed by atoms with Crippen molar-refractivity contribution in [2.45, 2.75) is 25.0 Å². The van der Waals surface area contributed by atoms with Gasteiger partial charge in [0, 0.05) is 6.54 Å². The smallest absolute Gasteiger partial charge is 0.351 e. The molecule has 5 rings (SSSR count). The molecule has 0 N–H and O–H groups in total. The van der Waals surface area contributed by atoms with Crippen LogP contribution in [-0.2, 0) is 9.53 Å². The maximum atomic E-state index is 12.3. The fourth-order valence-corrected chi connectivity index (χ4v) is 3.41. The molecular formula is C16H19NO4. The lowest BCUT2D eigenvalue weighted by atomic mass is 9.86. The molecule has 5 heteroatoms. The lowest BCUT2D eigenvalue weighted by Crippen LogP contribution is -2.53. The minimum absolute atomic E-state index is 0.0146. The number of rotatable bonds is 2. The Hall–Kier alpha value is -1.75. The first kappa shape index (κ1) is 13.0. The number of fused-ring (bicyclic) bond motifs is 4. The van der Waals surface area contributed by atoms with Crippen molar-refractivity contribution < 1.29 is 19.0 Å². The van der Waals surface area contributed by atoms with Crippen LogP contribution in [-0.4, -0.2) is 49.3 Å². The number of nitrogens with zero attached hydrogens (tertiary/aromatic N) is 1. The van der Waals surface area contributed by atoms with Crippen LogP contribution in [0.25, 0.3) is 0 Å². The van der Waals surface area contributed by atoms with Gasteiger partial charge in [-0.2, -0.15) is 0 Å². The lowest BCUT2D eigenvalue weighted by Gasteiger charge is -2.44. The van der Waals surface area contributed by atoms with Gasteiger partial charge >= 0.3 is 5.97 Å². The summed E-state index contributed by atoms with van der Waals surface area (Å²) >= 11 is 0. The Kier molecular flexibility index (Phi) is 3.22. The number of carbonyl (C=O) groups is 1. The third-order valence-electron chi connectivity index (χ3n) is 4.64. The predicted octanol–water partition coefficient (Wildman–Crippen LogP) is 1.46. The summed E-state index contributed by atoms with van der Waals surface area (Å²) in [6.45, 7) is 3.35. The largest absolute Gasteiger partial charge is 0.485 e. The molecule has 0 aliphatic carbocycles. The fraction of sp³-hybridized carbons (Fsp3) is 0.562. The number of hydrogen-bond acceptors (Lipinski definition) is 5. The highest BCUT2D eigenvalue weighted by atomic mass is 16.6. The van der Waals surface area contributed by atoms with E-state index in [0.717, 1.165) is 32.5 Å². The summed E-state index contributed by atoms with van der Waals surface area (Å²) in [5.74, 6) is 1.50. The molecule has 3 saturated heterocycles. The SMILES string of the molecule is O=C(OC1CN2CCC1CC2)C1COc2ccccc2O1. The molecule has 112 valence electrons. The molecular weight excluding hydrogens is 270 g/mol. The second-order valence-corrected chi connectivity index (χ2v) is 5.98. The summed E-state index contributed by atoms with van der Waals surface area (Å²) in [7, 11) is 0. The number of hydrogen-bond donors (Lipinski definition) is 0. The van der Waals surface area contributed by atoms with Crippen molar-refractivity contribution >= 4 is 5.97 Å². The molecule has 0 amide bonds. The minimum Gasteiger partial charge on any atom is -0.485 e. The molecule has 0 aromatic heterocycles. The highest BCUT2D eigenvalue weighted by Crippen LogP contribution is 2.33. The van der Waals surface area contributed by atoms with Gasteiger partial charge in [0.25, 0.3) is 0 Å². The fourth-order valence-electron chi connectivity index (χ4n) is 3.41. The zero-order chi connectivity index (χ0) is 14.2. The van der Waals surface area contributed by atoms with E-state index >= 15 is 0 Å². The Balaban J connectivity index is 1.40. The third-order valence-corrected chi connectivity index (χ3v) is 4.64. The van der Waals surface area contributed by atoms with Crippen molar-refractivity contribution in [1.29, 1.82) is 0 Å². The molecule has 1 aromatic carbocycles. The number of benzene rings is 1. The molecule has 0 saturated carbocycles. The van der Waals surface area contributed by atoms with Crippen molar-refractivity contribution in [3.63, 3.8) is 0 Å². The number of carbonyl (C=O) groups excluding carboxylic acids is 1. The average molecular weight is 289 g/mol. The van der Waals surface area contributed by atoms with E-state index in [0.29, 0.717) is 17.4 Å². The van der Waals surface area contributed by atoms with Gasteiger partial charge in [0.1, 0.15) is 12.7 Å². The van der Waals surface area contributed by atoms with Crippen LogP contribution in [0.5, 0.6) is 11.5 Å². The Morgan fingerprint density at radius 3 is 2.67 bits per heavy atom. The topological polar surface area (TPSA) is 48.0 Å². The second-order valence-electron chi connectivity index (χ2n) is 5.98. The van der Waals surface area contributed by atoms with Crippen LogP contribution in [0.15, 0.2) is 24.3 Å². The van der Waals surface area contributed by atoms with Crippen LogP contribution in [0.2, 0.25) is 0 Å². The van der Waals surface area contributed by atoms with E-state index in [1.165, 1.54) is 0 Å². The number of piperidine rings is 3. The molecule has 4 heterocycles. The zero-order valence-electron chi connectivity index (χ0n) is 11.9. The Morgan fingerprint density at radius 1 is 1.19 bits per heavy atom. The quantitative estimate of drug-likeness (QED) is 0.772. The van der Waals surface area contributed by atoms with Crippen LogP contribution in [0.1, 0.15) is 12.8 Å². The van der Waals surface area contributed by atoms with E-state index in [4.69, 9.17) is 14.2 Å². The average Bonchev–Trinajstić information content (AvgIpc) is 2.55. The van der Waals surface area contributed by atoms with E-state index < -0.39 is 6.10 Å². The second kappa shape index (κ2) is 5.22. The molecule has 3 fully saturated rings. The zero-order valence-corrected chi connectivity index (χ0v) is 11.9. The molecule has 4 aliphatic rings. The maximum absolute atomic E-state index is 12.3. The molecule has 1 aromatic rings. The first-order chi connectivity index (χ1) is 10.3. The van der Waals surface area contributed by atoms with Gasteiger partial charge < -0.3 is 14.2 Å². The summed E-state index contributed by atoms with van der Waals surface area (Å²) < 4.78 is 17.0. The monoisotopic (exact) mass is 289 g/mol. The van der Waals surface area contributed by atoms with Crippen molar-refractivity contribution in [2.24, 2.45) is 5.92 Å². The predicted molar refractivity (Wildman–Crippen MR) is 75.4 cm³/mol. The van der Waals surface area contributed by atoms with Crippen molar-refractivity contribution in [3.8, 4) is 11.5 Å². The molecule has 2 bridgehead atoms. The van der Waals surface area contributed by atoms with Crippen molar-refractivity contribution in [3.05, 3.63) is 24.3 Å².